The third-order valence-electron chi connectivity index (χ3n) is 3.58. The molecule has 0 spiro atoms. The fourth-order valence-corrected chi connectivity index (χ4v) is 2.59. The van der Waals surface area contributed by atoms with Crippen molar-refractivity contribution >= 4 is 0 Å². The third kappa shape index (κ3) is 2.90. The van der Waals surface area contributed by atoms with E-state index in [0.717, 1.165) is 18.6 Å². The van der Waals surface area contributed by atoms with Gasteiger partial charge in [-0.2, -0.15) is 13.2 Å². The Kier molecular flexibility index (Phi) is 3.57. The predicted octanol–water partition coefficient (Wildman–Crippen LogP) is 2.93. The van der Waals surface area contributed by atoms with Gasteiger partial charge in [-0.15, -0.1) is 0 Å². The first-order valence-corrected chi connectivity index (χ1v) is 6.07. The summed E-state index contributed by atoms with van der Waals surface area (Å²) in [5.41, 5.74) is 3.26. The Morgan fingerprint density at radius 3 is 2.53 bits per heavy atom. The average Bonchev–Trinajstić information content (AvgIpc) is 2.26. The molecule has 0 aliphatic heterocycles. The van der Waals surface area contributed by atoms with E-state index in [9.17, 15) is 22.7 Å². The third-order valence-corrected chi connectivity index (χ3v) is 3.58. The predicted molar refractivity (Wildman–Crippen MR) is 61.7 cm³/mol. The quantitative estimate of drug-likeness (QED) is 0.775. The van der Waals surface area contributed by atoms with Crippen molar-refractivity contribution in [2.24, 2.45) is 5.73 Å². The summed E-state index contributed by atoms with van der Waals surface area (Å²) >= 11 is 0. The summed E-state index contributed by atoms with van der Waals surface area (Å²) in [6.45, 7) is 0. The lowest BCUT2D eigenvalue weighted by Crippen LogP contribution is -2.39. The van der Waals surface area contributed by atoms with Gasteiger partial charge in [-0.1, -0.05) is 6.07 Å². The van der Waals surface area contributed by atoms with E-state index in [0.29, 0.717) is 18.9 Å². The van der Waals surface area contributed by atoms with Gasteiger partial charge in [0.2, 0.25) is 0 Å². The molecule has 1 aliphatic carbocycles. The summed E-state index contributed by atoms with van der Waals surface area (Å²) in [6.07, 6.45) is -2.69. The summed E-state index contributed by atoms with van der Waals surface area (Å²) in [5.74, 6) is -1.36. The number of aliphatic hydroxyl groups is 1. The van der Waals surface area contributed by atoms with Crippen LogP contribution in [-0.4, -0.2) is 11.1 Å². The summed E-state index contributed by atoms with van der Waals surface area (Å²) in [6, 6.07) is 2.34. The molecule has 1 saturated carbocycles. The molecule has 0 radical (unpaired) electrons. The van der Waals surface area contributed by atoms with Gasteiger partial charge in [-0.05, 0) is 43.4 Å². The van der Waals surface area contributed by atoms with Crippen LogP contribution in [0.5, 0.6) is 0 Å². The molecule has 0 amide bonds. The normalized spacial score (nSPS) is 28.4. The number of nitrogens with two attached hydrogens (primary N) is 1. The fraction of sp³-hybridized carbons (Fsp3) is 0.538. The van der Waals surface area contributed by atoms with Gasteiger partial charge < -0.3 is 10.8 Å². The number of rotatable bonds is 1. The lowest BCUT2D eigenvalue weighted by Gasteiger charge is -2.36. The van der Waals surface area contributed by atoms with E-state index in [4.69, 9.17) is 5.73 Å². The van der Waals surface area contributed by atoms with Crippen molar-refractivity contribution in [1.29, 1.82) is 0 Å². The van der Waals surface area contributed by atoms with Crippen LogP contribution >= 0.6 is 0 Å². The smallest absolute Gasteiger partial charge is 0.385 e. The van der Waals surface area contributed by atoms with Crippen LogP contribution in [0, 0.1) is 5.82 Å². The van der Waals surface area contributed by atoms with Crippen LogP contribution in [0.25, 0.3) is 0 Å². The van der Waals surface area contributed by atoms with Gasteiger partial charge in [0.25, 0.3) is 0 Å². The van der Waals surface area contributed by atoms with Crippen LogP contribution < -0.4 is 5.73 Å². The molecule has 2 unspecified atom stereocenters. The molecule has 1 aromatic rings. The van der Waals surface area contributed by atoms with Gasteiger partial charge in [-0.3, -0.25) is 0 Å². The SMILES string of the molecule is NC1CCCC(O)(c2ccc(C(F)(F)F)c(F)c2)C1. The highest BCUT2D eigenvalue weighted by atomic mass is 19.4. The van der Waals surface area contributed by atoms with Crippen molar-refractivity contribution in [2.45, 2.75) is 43.5 Å². The first-order valence-electron chi connectivity index (χ1n) is 6.07. The zero-order valence-corrected chi connectivity index (χ0v) is 10.2. The fourth-order valence-electron chi connectivity index (χ4n) is 2.59. The molecule has 0 saturated heterocycles. The molecule has 2 nitrogen and oxygen atoms in total. The topological polar surface area (TPSA) is 46.2 Å². The van der Waals surface area contributed by atoms with Gasteiger partial charge in [-0.25, -0.2) is 4.39 Å². The highest BCUT2D eigenvalue weighted by molar-refractivity contribution is 5.30. The highest BCUT2D eigenvalue weighted by Gasteiger charge is 2.38. The lowest BCUT2D eigenvalue weighted by atomic mass is 9.77. The molecule has 106 valence electrons. The maximum absolute atomic E-state index is 13.5. The van der Waals surface area contributed by atoms with Crippen molar-refractivity contribution in [3.63, 3.8) is 0 Å². The van der Waals surface area contributed by atoms with E-state index in [1.54, 1.807) is 0 Å². The van der Waals surface area contributed by atoms with E-state index in [-0.39, 0.29) is 18.0 Å². The Labute approximate surface area is 108 Å². The van der Waals surface area contributed by atoms with Crippen molar-refractivity contribution < 1.29 is 22.7 Å². The molecule has 0 aromatic heterocycles. The number of hydrogen-bond donors (Lipinski definition) is 2. The van der Waals surface area contributed by atoms with Crippen molar-refractivity contribution in [2.75, 3.05) is 0 Å². The number of hydrogen-bond acceptors (Lipinski definition) is 2. The molecular weight excluding hydrogens is 262 g/mol. The van der Waals surface area contributed by atoms with Gasteiger partial charge >= 0.3 is 6.18 Å². The maximum Gasteiger partial charge on any atom is 0.419 e. The monoisotopic (exact) mass is 277 g/mol. The van der Waals surface area contributed by atoms with Gasteiger partial charge in [0.15, 0.2) is 0 Å². The van der Waals surface area contributed by atoms with Crippen LogP contribution in [0.4, 0.5) is 17.6 Å². The zero-order valence-electron chi connectivity index (χ0n) is 10.2. The minimum Gasteiger partial charge on any atom is -0.385 e. The molecule has 1 fully saturated rings. The van der Waals surface area contributed by atoms with Crippen molar-refractivity contribution in [3.8, 4) is 0 Å². The Hall–Kier alpha value is -1.14. The second-order valence-electron chi connectivity index (χ2n) is 5.08. The molecule has 2 atom stereocenters. The molecule has 2 rings (SSSR count). The lowest BCUT2D eigenvalue weighted by molar-refractivity contribution is -0.140. The molecule has 1 aliphatic rings. The van der Waals surface area contributed by atoms with Crippen molar-refractivity contribution in [1.82, 2.24) is 0 Å². The standard InChI is InChI=1S/C13H15F4NO/c14-11-6-8(3-4-10(11)13(15,16)17)12(19)5-1-2-9(18)7-12/h3-4,6,9,19H,1-2,5,7,18H2. The molecule has 0 heterocycles. The Bertz CT molecular complexity index is 474. The molecule has 19 heavy (non-hydrogen) atoms. The van der Waals surface area contributed by atoms with Crippen LogP contribution in [0.2, 0.25) is 0 Å². The minimum absolute atomic E-state index is 0.160. The van der Waals surface area contributed by atoms with Gasteiger partial charge in [0.05, 0.1) is 11.2 Å². The first-order chi connectivity index (χ1) is 8.72. The van der Waals surface area contributed by atoms with Crippen LogP contribution in [-0.2, 0) is 11.8 Å². The Balaban J connectivity index is 2.34. The number of halogens is 4. The molecule has 3 N–H and O–H groups in total. The highest BCUT2D eigenvalue weighted by Crippen LogP contribution is 2.39. The van der Waals surface area contributed by atoms with Crippen molar-refractivity contribution in [3.05, 3.63) is 35.1 Å². The van der Waals surface area contributed by atoms with E-state index in [1.165, 1.54) is 0 Å². The molecule has 1 aromatic carbocycles. The maximum atomic E-state index is 13.5. The minimum atomic E-state index is -4.73. The first kappa shape index (κ1) is 14.3. The summed E-state index contributed by atoms with van der Waals surface area (Å²) in [4.78, 5) is 0. The molecule has 6 heteroatoms. The van der Waals surface area contributed by atoms with E-state index in [1.807, 2.05) is 0 Å². The van der Waals surface area contributed by atoms with Gasteiger partial charge in [0, 0.05) is 6.04 Å². The van der Waals surface area contributed by atoms with E-state index < -0.39 is 23.2 Å². The zero-order chi connectivity index (χ0) is 14.3. The average molecular weight is 277 g/mol. The number of alkyl halides is 3. The summed E-state index contributed by atoms with van der Waals surface area (Å²) in [5, 5.41) is 10.4. The van der Waals surface area contributed by atoms with E-state index in [2.05, 4.69) is 0 Å². The second-order valence-corrected chi connectivity index (χ2v) is 5.08. The summed E-state index contributed by atoms with van der Waals surface area (Å²) < 4.78 is 50.9. The van der Waals surface area contributed by atoms with Crippen LogP contribution in [0.1, 0.15) is 36.8 Å². The Morgan fingerprint density at radius 1 is 1.32 bits per heavy atom. The van der Waals surface area contributed by atoms with Gasteiger partial charge in [0.1, 0.15) is 5.82 Å². The Morgan fingerprint density at radius 2 is 2.00 bits per heavy atom. The number of benzene rings is 1. The summed E-state index contributed by atoms with van der Waals surface area (Å²) in [7, 11) is 0. The van der Waals surface area contributed by atoms with Crippen LogP contribution in [0.3, 0.4) is 0 Å². The van der Waals surface area contributed by atoms with E-state index >= 15 is 0 Å². The second kappa shape index (κ2) is 4.76. The largest absolute Gasteiger partial charge is 0.419 e. The van der Waals surface area contributed by atoms with Crippen LogP contribution in [0.15, 0.2) is 18.2 Å². The molecule has 0 bridgehead atoms. The molecular formula is C13H15F4NO.